The van der Waals surface area contributed by atoms with Crippen LogP contribution in [0.25, 0.3) is 0 Å². The van der Waals surface area contributed by atoms with Crippen LogP contribution in [0.15, 0.2) is 32.9 Å². The highest BCUT2D eigenvalue weighted by molar-refractivity contribution is 9.11. The molecule has 0 aliphatic heterocycles. The monoisotopic (exact) mass is 227 g/mol. The largest absolute Gasteiger partial charge is 0.361 e. The van der Waals surface area contributed by atoms with Crippen molar-refractivity contribution in [3.05, 3.63) is 22.7 Å². The Bertz CT molecular complexity index is 302. The van der Waals surface area contributed by atoms with Crippen LogP contribution in [-0.4, -0.2) is 10.8 Å². The SMILES string of the molecule is N#C/N=N/C1(O)C=CCC=C1Br. The summed E-state index contributed by atoms with van der Waals surface area (Å²) in [4.78, 5) is 0. The second kappa shape index (κ2) is 3.61. The summed E-state index contributed by atoms with van der Waals surface area (Å²) in [5.41, 5.74) is -1.48. The number of aliphatic hydroxyl groups is 1. The molecule has 0 fully saturated rings. The Balaban J connectivity index is 2.90. The van der Waals surface area contributed by atoms with E-state index >= 15 is 0 Å². The van der Waals surface area contributed by atoms with Gasteiger partial charge in [0.15, 0.2) is 0 Å². The number of nitrogens with zero attached hydrogens (tertiary/aromatic N) is 3. The molecule has 4 nitrogen and oxygen atoms in total. The molecule has 0 aromatic carbocycles. The number of hydrogen-bond acceptors (Lipinski definition) is 4. The van der Waals surface area contributed by atoms with Crippen molar-refractivity contribution < 1.29 is 5.11 Å². The van der Waals surface area contributed by atoms with Gasteiger partial charge in [-0.2, -0.15) is 5.26 Å². The zero-order chi connectivity index (χ0) is 9.03. The molecule has 1 aliphatic rings. The van der Waals surface area contributed by atoms with Gasteiger partial charge in [0, 0.05) is 0 Å². The maximum Gasteiger partial charge on any atom is 0.228 e. The number of halogens is 1. The normalized spacial score (nSPS) is 28.6. The van der Waals surface area contributed by atoms with Gasteiger partial charge in [0.2, 0.25) is 11.9 Å². The second-order valence-electron chi connectivity index (χ2n) is 2.22. The minimum Gasteiger partial charge on any atom is -0.361 e. The number of azo groups is 1. The van der Waals surface area contributed by atoms with E-state index in [2.05, 4.69) is 26.2 Å². The van der Waals surface area contributed by atoms with Crippen LogP contribution in [0.4, 0.5) is 0 Å². The second-order valence-corrected chi connectivity index (χ2v) is 3.07. The van der Waals surface area contributed by atoms with E-state index in [1.54, 1.807) is 12.2 Å². The lowest BCUT2D eigenvalue weighted by molar-refractivity contribution is 0.140. The highest BCUT2D eigenvalue weighted by Crippen LogP contribution is 2.29. The first kappa shape index (κ1) is 9.10. The van der Waals surface area contributed by atoms with Gasteiger partial charge in [0.1, 0.15) is 0 Å². The van der Waals surface area contributed by atoms with Gasteiger partial charge >= 0.3 is 0 Å². The van der Waals surface area contributed by atoms with Crippen molar-refractivity contribution in [1.29, 1.82) is 5.26 Å². The third kappa shape index (κ3) is 1.78. The van der Waals surface area contributed by atoms with Crippen molar-refractivity contribution in [3.63, 3.8) is 0 Å². The van der Waals surface area contributed by atoms with Crippen molar-refractivity contribution in [2.24, 2.45) is 10.2 Å². The van der Waals surface area contributed by atoms with Crippen LogP contribution >= 0.6 is 15.9 Å². The Morgan fingerprint density at radius 2 is 2.50 bits per heavy atom. The highest BCUT2D eigenvalue weighted by atomic mass is 79.9. The molecule has 0 spiro atoms. The molecule has 62 valence electrons. The number of rotatable bonds is 1. The van der Waals surface area contributed by atoms with Crippen LogP contribution in [0.2, 0.25) is 0 Å². The Labute approximate surface area is 78.0 Å². The Hall–Kier alpha value is -0.990. The molecule has 0 bridgehead atoms. The lowest BCUT2D eigenvalue weighted by Gasteiger charge is -2.19. The van der Waals surface area contributed by atoms with Crippen molar-refractivity contribution in [2.75, 3.05) is 0 Å². The van der Waals surface area contributed by atoms with Gasteiger partial charge in [0.05, 0.1) is 4.48 Å². The predicted octanol–water partition coefficient (Wildman–Crippen LogP) is 1.85. The van der Waals surface area contributed by atoms with Crippen molar-refractivity contribution in [1.82, 2.24) is 0 Å². The minimum absolute atomic E-state index is 0.511. The topological polar surface area (TPSA) is 68.7 Å². The molecular formula is C7H6BrN3O. The first-order valence-electron chi connectivity index (χ1n) is 3.26. The molecule has 12 heavy (non-hydrogen) atoms. The summed E-state index contributed by atoms with van der Waals surface area (Å²) >= 11 is 3.14. The molecule has 1 N–H and O–H groups in total. The molecule has 5 heteroatoms. The van der Waals surface area contributed by atoms with E-state index in [0.29, 0.717) is 4.48 Å². The molecule has 0 radical (unpaired) electrons. The molecule has 1 unspecified atom stereocenters. The standard InChI is InChI=1S/C7H6BrN3O/c8-6-3-1-2-4-7(6,12)11-10-5-9/h2-4,12H,1H2/b11-10+. The van der Waals surface area contributed by atoms with Gasteiger partial charge in [0.25, 0.3) is 0 Å². The zero-order valence-electron chi connectivity index (χ0n) is 6.11. The molecule has 0 saturated heterocycles. The quantitative estimate of drug-likeness (QED) is 0.422. The molecular weight excluding hydrogens is 222 g/mol. The van der Waals surface area contributed by atoms with E-state index in [4.69, 9.17) is 5.26 Å². The van der Waals surface area contributed by atoms with Gasteiger partial charge < -0.3 is 5.11 Å². The van der Waals surface area contributed by atoms with Crippen molar-refractivity contribution >= 4 is 15.9 Å². The van der Waals surface area contributed by atoms with Gasteiger partial charge in [-0.05, 0) is 12.5 Å². The van der Waals surface area contributed by atoms with Crippen LogP contribution in [0.1, 0.15) is 6.42 Å². The summed E-state index contributed by atoms with van der Waals surface area (Å²) in [6, 6.07) is 0. The van der Waals surface area contributed by atoms with Gasteiger partial charge in [-0.25, -0.2) is 0 Å². The summed E-state index contributed by atoms with van der Waals surface area (Å²) in [6.07, 6.45) is 7.21. The van der Waals surface area contributed by atoms with Crippen LogP contribution in [0, 0.1) is 11.5 Å². The zero-order valence-corrected chi connectivity index (χ0v) is 7.69. The van der Waals surface area contributed by atoms with E-state index in [-0.39, 0.29) is 0 Å². The number of allylic oxidation sites excluding steroid dienone is 2. The maximum absolute atomic E-state index is 9.66. The summed E-state index contributed by atoms with van der Waals surface area (Å²) in [6.45, 7) is 0. The summed E-state index contributed by atoms with van der Waals surface area (Å²) in [7, 11) is 0. The van der Waals surface area contributed by atoms with Crippen molar-refractivity contribution in [3.8, 4) is 6.19 Å². The first-order valence-corrected chi connectivity index (χ1v) is 4.05. The fourth-order valence-corrected chi connectivity index (χ4v) is 1.21. The molecule has 0 heterocycles. The Kier molecular flexibility index (Phi) is 2.74. The third-order valence-electron chi connectivity index (χ3n) is 1.38. The number of nitriles is 1. The highest BCUT2D eigenvalue weighted by Gasteiger charge is 2.28. The van der Waals surface area contributed by atoms with Crippen LogP contribution in [-0.2, 0) is 0 Å². The molecule has 0 aromatic rings. The summed E-state index contributed by atoms with van der Waals surface area (Å²) in [5, 5.41) is 24.3. The average molecular weight is 228 g/mol. The lowest BCUT2D eigenvalue weighted by atomic mass is 10.1. The van der Waals surface area contributed by atoms with Gasteiger partial charge in [-0.1, -0.05) is 33.2 Å². The van der Waals surface area contributed by atoms with Gasteiger partial charge in [-0.3, -0.25) is 0 Å². The molecule has 0 amide bonds. The van der Waals surface area contributed by atoms with Crippen LogP contribution < -0.4 is 0 Å². The number of hydrogen-bond donors (Lipinski definition) is 1. The molecule has 1 rings (SSSR count). The van der Waals surface area contributed by atoms with Crippen molar-refractivity contribution in [2.45, 2.75) is 12.1 Å². The summed E-state index contributed by atoms with van der Waals surface area (Å²) < 4.78 is 0.511. The summed E-state index contributed by atoms with van der Waals surface area (Å²) in [5.74, 6) is 0. The van der Waals surface area contributed by atoms with E-state index < -0.39 is 5.72 Å². The molecule has 0 saturated carbocycles. The average Bonchev–Trinajstić information content (AvgIpc) is 2.07. The third-order valence-corrected chi connectivity index (χ3v) is 2.29. The van der Waals surface area contributed by atoms with Gasteiger partial charge in [-0.15, -0.1) is 5.11 Å². The first-order chi connectivity index (χ1) is 5.69. The van der Waals surface area contributed by atoms with Crippen LogP contribution in [0.3, 0.4) is 0 Å². The lowest BCUT2D eigenvalue weighted by Crippen LogP contribution is -2.24. The molecule has 1 atom stereocenters. The predicted molar refractivity (Wildman–Crippen MR) is 46.2 cm³/mol. The Morgan fingerprint density at radius 1 is 1.75 bits per heavy atom. The maximum atomic E-state index is 9.66. The van der Waals surface area contributed by atoms with Crippen LogP contribution in [0.5, 0.6) is 0 Å². The molecule has 0 aromatic heterocycles. The van der Waals surface area contributed by atoms with E-state index in [0.717, 1.165) is 6.42 Å². The fourth-order valence-electron chi connectivity index (χ4n) is 0.813. The Morgan fingerprint density at radius 3 is 3.08 bits per heavy atom. The minimum atomic E-state index is -1.48. The fraction of sp³-hybridized carbons (Fsp3) is 0.286. The van der Waals surface area contributed by atoms with E-state index in [9.17, 15) is 5.11 Å². The van der Waals surface area contributed by atoms with E-state index in [1.165, 1.54) is 12.3 Å². The van der Waals surface area contributed by atoms with E-state index in [1.807, 2.05) is 0 Å². The molecule has 1 aliphatic carbocycles. The smallest absolute Gasteiger partial charge is 0.228 e.